The van der Waals surface area contributed by atoms with E-state index in [0.717, 1.165) is 0 Å². The van der Waals surface area contributed by atoms with Gasteiger partial charge in [-0.05, 0) is 13.0 Å². The van der Waals surface area contributed by atoms with E-state index in [0.29, 0.717) is 16.6 Å². The lowest BCUT2D eigenvalue weighted by Crippen LogP contribution is -2.12. The third-order valence-corrected chi connectivity index (χ3v) is 2.64. The molecular weight excluding hydrogens is 238 g/mol. The summed E-state index contributed by atoms with van der Waals surface area (Å²) in [6, 6.07) is 4.42. The molecule has 0 N–H and O–H groups in total. The summed E-state index contributed by atoms with van der Waals surface area (Å²) in [4.78, 5) is 21.4. The first-order valence-corrected chi connectivity index (χ1v) is 5.21. The van der Waals surface area contributed by atoms with Crippen LogP contribution in [0.15, 0.2) is 18.2 Å². The number of fused-ring (bicyclic) bond motifs is 1. The Kier molecular flexibility index (Phi) is 2.97. The fourth-order valence-corrected chi connectivity index (χ4v) is 1.75. The van der Waals surface area contributed by atoms with E-state index in [1.54, 1.807) is 13.0 Å². The number of rotatable bonds is 3. The maximum absolute atomic E-state index is 11.2. The monoisotopic (exact) mass is 249 g/mol. The molecule has 0 saturated heterocycles. The lowest BCUT2D eigenvalue weighted by atomic mass is 10.2. The average Bonchev–Trinajstić information content (AvgIpc) is 2.65. The van der Waals surface area contributed by atoms with Crippen LogP contribution >= 0.6 is 0 Å². The fraction of sp³-hybridized carbons (Fsp3) is 0.273. The summed E-state index contributed by atoms with van der Waals surface area (Å²) in [6.45, 7) is 1.72. The Morgan fingerprint density at radius 3 is 2.89 bits per heavy atom. The highest BCUT2D eigenvalue weighted by molar-refractivity contribution is 5.85. The van der Waals surface area contributed by atoms with Gasteiger partial charge in [0.2, 0.25) is 0 Å². The highest BCUT2D eigenvalue weighted by atomic mass is 16.6. The standard InChI is InChI=1S/C11H11N3O4/c1-7-9-5-8(14(16)17)3-4-10(9)13(12-7)6-11(15)18-2/h3-5H,6H2,1-2H3. The number of carbonyl (C=O) groups is 1. The van der Waals surface area contributed by atoms with Gasteiger partial charge in [-0.1, -0.05) is 0 Å². The minimum atomic E-state index is -0.462. The first kappa shape index (κ1) is 12.0. The van der Waals surface area contributed by atoms with E-state index in [1.807, 2.05) is 0 Å². The van der Waals surface area contributed by atoms with E-state index >= 15 is 0 Å². The van der Waals surface area contributed by atoms with E-state index in [-0.39, 0.29) is 12.2 Å². The number of aromatic nitrogens is 2. The van der Waals surface area contributed by atoms with Gasteiger partial charge in [-0.25, -0.2) is 0 Å². The van der Waals surface area contributed by atoms with Gasteiger partial charge < -0.3 is 4.74 Å². The van der Waals surface area contributed by atoms with Crippen LogP contribution in [0.1, 0.15) is 5.69 Å². The second kappa shape index (κ2) is 4.44. The van der Waals surface area contributed by atoms with E-state index in [9.17, 15) is 14.9 Å². The Labute approximate surface area is 102 Å². The number of nitro groups is 1. The van der Waals surface area contributed by atoms with Crippen LogP contribution in [0, 0.1) is 17.0 Å². The van der Waals surface area contributed by atoms with Crippen LogP contribution in [0.2, 0.25) is 0 Å². The van der Waals surface area contributed by atoms with Crippen molar-refractivity contribution in [2.24, 2.45) is 0 Å². The molecule has 0 bridgehead atoms. The molecule has 0 atom stereocenters. The van der Waals surface area contributed by atoms with Crippen molar-refractivity contribution in [1.82, 2.24) is 9.78 Å². The Balaban J connectivity index is 2.52. The van der Waals surface area contributed by atoms with Gasteiger partial charge in [-0.15, -0.1) is 0 Å². The van der Waals surface area contributed by atoms with Gasteiger partial charge in [0.25, 0.3) is 5.69 Å². The first-order chi connectivity index (χ1) is 8.52. The van der Waals surface area contributed by atoms with Crippen molar-refractivity contribution < 1.29 is 14.5 Å². The molecule has 1 aromatic heterocycles. The Morgan fingerprint density at radius 1 is 1.56 bits per heavy atom. The lowest BCUT2D eigenvalue weighted by molar-refractivity contribution is -0.384. The summed E-state index contributed by atoms with van der Waals surface area (Å²) < 4.78 is 6.04. The normalized spacial score (nSPS) is 10.6. The molecule has 0 unspecified atom stereocenters. The van der Waals surface area contributed by atoms with Crippen molar-refractivity contribution in [2.45, 2.75) is 13.5 Å². The van der Waals surface area contributed by atoms with Gasteiger partial charge in [0.05, 0.1) is 23.2 Å². The molecule has 0 aliphatic carbocycles. The number of nitro benzene ring substituents is 1. The zero-order valence-electron chi connectivity index (χ0n) is 9.91. The Bertz CT molecular complexity index is 632. The van der Waals surface area contributed by atoms with E-state index < -0.39 is 10.9 Å². The molecule has 1 aromatic carbocycles. The molecule has 0 aliphatic heterocycles. The predicted molar refractivity (Wildman–Crippen MR) is 63.1 cm³/mol. The highest BCUT2D eigenvalue weighted by Gasteiger charge is 2.14. The summed E-state index contributed by atoms with van der Waals surface area (Å²) in [5.74, 6) is -0.419. The molecule has 94 valence electrons. The van der Waals surface area contributed by atoms with Gasteiger partial charge in [-0.3, -0.25) is 19.6 Å². The molecular formula is C11H11N3O4. The summed E-state index contributed by atoms with van der Waals surface area (Å²) in [5, 5.41) is 15.5. The number of hydrogen-bond acceptors (Lipinski definition) is 5. The molecule has 0 fully saturated rings. The SMILES string of the molecule is COC(=O)Cn1nc(C)c2cc([N+](=O)[O-])ccc21. The number of esters is 1. The molecule has 1 heterocycles. The summed E-state index contributed by atoms with van der Waals surface area (Å²) in [5.41, 5.74) is 1.31. The number of aryl methyl sites for hydroxylation is 1. The third kappa shape index (κ3) is 2.02. The van der Waals surface area contributed by atoms with Crippen LogP contribution in [0.4, 0.5) is 5.69 Å². The highest BCUT2D eigenvalue weighted by Crippen LogP contribution is 2.23. The van der Waals surface area contributed by atoms with E-state index in [2.05, 4.69) is 9.84 Å². The van der Waals surface area contributed by atoms with Crippen molar-refractivity contribution in [1.29, 1.82) is 0 Å². The smallest absolute Gasteiger partial charge is 0.327 e. The molecule has 7 heteroatoms. The predicted octanol–water partition coefficient (Wildman–Crippen LogP) is 1.43. The molecule has 0 saturated carbocycles. The minimum absolute atomic E-state index is 0.00298. The average molecular weight is 249 g/mol. The van der Waals surface area contributed by atoms with Gasteiger partial charge in [-0.2, -0.15) is 5.10 Å². The molecule has 0 aliphatic rings. The number of carbonyl (C=O) groups excluding carboxylic acids is 1. The summed E-state index contributed by atoms with van der Waals surface area (Å²) in [7, 11) is 1.30. The quantitative estimate of drug-likeness (QED) is 0.466. The van der Waals surface area contributed by atoms with Crippen LogP contribution < -0.4 is 0 Å². The van der Waals surface area contributed by atoms with Crippen molar-refractivity contribution in [3.8, 4) is 0 Å². The first-order valence-electron chi connectivity index (χ1n) is 5.21. The molecule has 2 rings (SSSR count). The summed E-state index contributed by atoms with van der Waals surface area (Å²) in [6.07, 6.45) is 0. The Hall–Kier alpha value is -2.44. The van der Waals surface area contributed by atoms with E-state index in [1.165, 1.54) is 23.9 Å². The number of nitrogens with zero attached hydrogens (tertiary/aromatic N) is 3. The largest absolute Gasteiger partial charge is 0.468 e. The van der Waals surface area contributed by atoms with Crippen LogP contribution in [0.5, 0.6) is 0 Å². The number of hydrogen-bond donors (Lipinski definition) is 0. The van der Waals surface area contributed by atoms with Gasteiger partial charge in [0, 0.05) is 17.5 Å². The minimum Gasteiger partial charge on any atom is -0.468 e. The second-order valence-electron chi connectivity index (χ2n) is 3.78. The molecule has 0 spiro atoms. The van der Waals surface area contributed by atoms with Gasteiger partial charge >= 0.3 is 5.97 Å². The summed E-state index contributed by atoms with van der Waals surface area (Å²) >= 11 is 0. The van der Waals surface area contributed by atoms with Gasteiger partial charge in [0.1, 0.15) is 6.54 Å². The maximum Gasteiger partial charge on any atom is 0.327 e. The van der Waals surface area contributed by atoms with Crippen molar-refractivity contribution >= 4 is 22.6 Å². The third-order valence-electron chi connectivity index (χ3n) is 2.64. The van der Waals surface area contributed by atoms with Gasteiger partial charge in [0.15, 0.2) is 0 Å². The number of non-ortho nitro benzene ring substituents is 1. The van der Waals surface area contributed by atoms with Crippen LogP contribution in [-0.2, 0) is 16.1 Å². The second-order valence-corrected chi connectivity index (χ2v) is 3.78. The van der Waals surface area contributed by atoms with Crippen molar-refractivity contribution in [2.75, 3.05) is 7.11 Å². The lowest BCUT2D eigenvalue weighted by Gasteiger charge is -2.01. The fourth-order valence-electron chi connectivity index (χ4n) is 1.75. The molecule has 0 radical (unpaired) electrons. The molecule has 7 nitrogen and oxygen atoms in total. The number of benzene rings is 1. The number of ether oxygens (including phenoxy) is 1. The molecule has 2 aromatic rings. The topological polar surface area (TPSA) is 87.3 Å². The van der Waals surface area contributed by atoms with Crippen molar-refractivity contribution in [3.05, 3.63) is 34.0 Å². The van der Waals surface area contributed by atoms with E-state index in [4.69, 9.17) is 0 Å². The Morgan fingerprint density at radius 2 is 2.28 bits per heavy atom. The molecule has 0 amide bonds. The van der Waals surface area contributed by atoms with Crippen molar-refractivity contribution in [3.63, 3.8) is 0 Å². The zero-order valence-corrected chi connectivity index (χ0v) is 9.91. The van der Waals surface area contributed by atoms with Crippen LogP contribution in [0.3, 0.4) is 0 Å². The zero-order chi connectivity index (χ0) is 13.3. The van der Waals surface area contributed by atoms with Crippen LogP contribution in [0.25, 0.3) is 10.9 Å². The van der Waals surface area contributed by atoms with Crippen LogP contribution in [-0.4, -0.2) is 27.8 Å². The number of methoxy groups -OCH3 is 1. The maximum atomic E-state index is 11.2. The molecule has 18 heavy (non-hydrogen) atoms.